The van der Waals surface area contributed by atoms with Gasteiger partial charge in [0.15, 0.2) is 0 Å². The van der Waals surface area contributed by atoms with Gasteiger partial charge in [0, 0.05) is 29.6 Å². The Morgan fingerprint density at radius 1 is 1.06 bits per heavy atom. The van der Waals surface area contributed by atoms with Gasteiger partial charge in [-0.1, -0.05) is 42.0 Å². The highest BCUT2D eigenvalue weighted by Gasteiger charge is 2.18. The number of ether oxygens (including phenoxy) is 1. The fourth-order valence-electron chi connectivity index (χ4n) is 3.67. The molecular formula is C26H22N3O6S-. The molecule has 4 aromatic rings. The van der Waals surface area contributed by atoms with Crippen LogP contribution in [0.25, 0.3) is 11.3 Å². The molecule has 0 aliphatic heterocycles. The molecule has 10 heteroatoms. The summed E-state index contributed by atoms with van der Waals surface area (Å²) in [6.07, 6.45) is 2.19. The lowest BCUT2D eigenvalue weighted by atomic mass is 10.0. The maximum Gasteiger partial charge on any atom is 0.337 e. The lowest BCUT2D eigenvalue weighted by Crippen LogP contribution is -2.23. The Morgan fingerprint density at radius 3 is 2.56 bits per heavy atom. The summed E-state index contributed by atoms with van der Waals surface area (Å²) in [4.78, 5) is 28.6. The van der Waals surface area contributed by atoms with Gasteiger partial charge in [-0.3, -0.25) is 14.0 Å². The van der Waals surface area contributed by atoms with E-state index < -0.39 is 23.4 Å². The maximum atomic E-state index is 12.5. The summed E-state index contributed by atoms with van der Waals surface area (Å²) in [5, 5.41) is 4.46. The number of carbonyl (C=O) groups excluding carboxylic acids is 1. The number of rotatable bonds is 8. The molecule has 0 aliphatic carbocycles. The lowest BCUT2D eigenvalue weighted by Gasteiger charge is -2.20. The van der Waals surface area contributed by atoms with E-state index in [-0.39, 0.29) is 12.1 Å². The van der Waals surface area contributed by atoms with Crippen molar-refractivity contribution in [3.05, 3.63) is 117 Å². The van der Waals surface area contributed by atoms with Crippen molar-refractivity contribution in [2.75, 3.05) is 7.11 Å². The molecule has 36 heavy (non-hydrogen) atoms. The van der Waals surface area contributed by atoms with Crippen molar-refractivity contribution in [2.24, 2.45) is 0 Å². The van der Waals surface area contributed by atoms with E-state index in [0.717, 1.165) is 5.56 Å². The first kappa shape index (κ1) is 25.1. The van der Waals surface area contributed by atoms with Gasteiger partial charge in [-0.05, 0) is 42.3 Å². The SMILES string of the molecule is COC(=O)c1cccc(Cn2nc(-c3cncc(C(OS(=O)[O-])c4ccc(C)cc4)c3)ccc2=O)c1. The zero-order chi connectivity index (χ0) is 25.7. The first-order valence-electron chi connectivity index (χ1n) is 10.9. The smallest absolute Gasteiger partial charge is 0.337 e. The third kappa shape index (κ3) is 5.98. The van der Waals surface area contributed by atoms with Gasteiger partial charge in [-0.15, -0.1) is 0 Å². The van der Waals surface area contributed by atoms with Crippen molar-refractivity contribution in [1.29, 1.82) is 0 Å². The number of aryl methyl sites for hydroxylation is 1. The maximum absolute atomic E-state index is 12.5. The standard InChI is InChI=1S/C26H23N3O6S/c1-17-6-8-19(9-7-17)25(35-36(32)33)22-13-21(14-27-15-22)23-10-11-24(30)29(28-23)16-18-4-3-5-20(12-18)26(31)34-2/h3-15,25H,16H2,1-2H3,(H,32,33)/p-1. The molecule has 0 saturated carbocycles. The Morgan fingerprint density at radius 2 is 1.83 bits per heavy atom. The molecule has 2 unspecified atom stereocenters. The molecule has 0 aliphatic rings. The van der Waals surface area contributed by atoms with Gasteiger partial charge >= 0.3 is 5.97 Å². The van der Waals surface area contributed by atoms with Crippen LogP contribution in [0.2, 0.25) is 0 Å². The summed E-state index contributed by atoms with van der Waals surface area (Å²) >= 11 is -2.76. The van der Waals surface area contributed by atoms with Crippen LogP contribution in [-0.4, -0.2) is 36.6 Å². The molecule has 2 atom stereocenters. The fraction of sp³-hybridized carbons (Fsp3) is 0.154. The second-order valence-electron chi connectivity index (χ2n) is 8.00. The molecule has 0 amide bonds. The number of hydrogen-bond acceptors (Lipinski definition) is 8. The van der Waals surface area contributed by atoms with Gasteiger partial charge in [0.05, 0.1) is 36.3 Å². The third-order valence-electron chi connectivity index (χ3n) is 5.46. The number of hydrogen-bond donors (Lipinski definition) is 0. The molecule has 2 aromatic carbocycles. The van der Waals surface area contributed by atoms with Crippen molar-refractivity contribution in [3.63, 3.8) is 0 Å². The lowest BCUT2D eigenvalue weighted by molar-refractivity contribution is 0.0600. The molecule has 9 nitrogen and oxygen atoms in total. The molecule has 0 radical (unpaired) electrons. The highest BCUT2D eigenvalue weighted by molar-refractivity contribution is 7.74. The van der Waals surface area contributed by atoms with E-state index in [2.05, 4.69) is 10.1 Å². The van der Waals surface area contributed by atoms with Gasteiger partial charge in [0.1, 0.15) is 6.10 Å². The van der Waals surface area contributed by atoms with Crippen LogP contribution in [0.3, 0.4) is 0 Å². The van der Waals surface area contributed by atoms with Crippen molar-refractivity contribution >= 4 is 17.3 Å². The minimum atomic E-state index is -2.76. The largest absolute Gasteiger partial charge is 0.750 e. The van der Waals surface area contributed by atoms with E-state index >= 15 is 0 Å². The van der Waals surface area contributed by atoms with Crippen LogP contribution in [0, 0.1) is 6.92 Å². The zero-order valence-corrected chi connectivity index (χ0v) is 20.3. The molecule has 0 spiro atoms. The Kier molecular flexibility index (Phi) is 7.79. The van der Waals surface area contributed by atoms with Crippen molar-refractivity contribution in [2.45, 2.75) is 19.6 Å². The van der Waals surface area contributed by atoms with Gasteiger partial charge in [-0.2, -0.15) is 5.10 Å². The Balaban J connectivity index is 1.67. The van der Waals surface area contributed by atoms with Crippen LogP contribution >= 0.6 is 0 Å². The number of nitrogens with zero attached hydrogens (tertiary/aromatic N) is 3. The summed E-state index contributed by atoms with van der Waals surface area (Å²) in [6.45, 7) is 2.06. The Bertz CT molecular complexity index is 1470. The van der Waals surface area contributed by atoms with Gasteiger partial charge < -0.3 is 9.29 Å². The summed E-state index contributed by atoms with van der Waals surface area (Å²) < 4.78 is 34.0. The molecule has 0 fully saturated rings. The fourth-order valence-corrected chi connectivity index (χ4v) is 4.05. The molecule has 2 aromatic heterocycles. The van der Waals surface area contributed by atoms with Crippen LogP contribution in [-0.2, 0) is 26.8 Å². The van der Waals surface area contributed by atoms with E-state index in [4.69, 9.17) is 8.92 Å². The topological polar surface area (TPSA) is 123 Å². The van der Waals surface area contributed by atoms with Crippen LogP contribution in [0.5, 0.6) is 0 Å². The normalized spacial score (nSPS) is 12.6. The van der Waals surface area contributed by atoms with Crippen molar-refractivity contribution in [1.82, 2.24) is 14.8 Å². The quantitative estimate of drug-likeness (QED) is 0.264. The van der Waals surface area contributed by atoms with Crippen molar-refractivity contribution in [3.8, 4) is 11.3 Å². The van der Waals surface area contributed by atoms with Crippen LogP contribution in [0.4, 0.5) is 0 Å². The molecular weight excluding hydrogens is 482 g/mol. The zero-order valence-electron chi connectivity index (χ0n) is 19.5. The Labute approximate surface area is 209 Å². The van der Waals surface area contributed by atoms with Crippen molar-refractivity contribution < 1.29 is 22.5 Å². The first-order chi connectivity index (χ1) is 17.3. The predicted molar refractivity (Wildman–Crippen MR) is 132 cm³/mol. The second-order valence-corrected chi connectivity index (χ2v) is 8.61. The summed E-state index contributed by atoms with van der Waals surface area (Å²) in [7, 11) is 1.30. The highest BCUT2D eigenvalue weighted by Crippen LogP contribution is 2.29. The van der Waals surface area contributed by atoms with E-state index in [1.54, 1.807) is 54.7 Å². The molecule has 0 N–H and O–H groups in total. The third-order valence-corrected chi connectivity index (χ3v) is 5.81. The second kappa shape index (κ2) is 11.2. The van der Waals surface area contributed by atoms with E-state index in [0.29, 0.717) is 33.5 Å². The average Bonchev–Trinajstić information content (AvgIpc) is 2.89. The van der Waals surface area contributed by atoms with Gasteiger partial charge in [0.25, 0.3) is 5.56 Å². The molecule has 0 saturated heterocycles. The minimum absolute atomic E-state index is 0.134. The van der Waals surface area contributed by atoms with Crippen LogP contribution < -0.4 is 5.56 Å². The Hall–Kier alpha value is -3.99. The number of esters is 1. The van der Waals surface area contributed by atoms with Gasteiger partial charge in [0.2, 0.25) is 0 Å². The first-order valence-corrected chi connectivity index (χ1v) is 11.9. The molecule has 0 bridgehead atoms. The minimum Gasteiger partial charge on any atom is -0.750 e. The summed E-state index contributed by atoms with van der Waals surface area (Å²) in [5.41, 5.74) is 3.94. The predicted octanol–water partition coefficient (Wildman–Crippen LogP) is 3.35. The van der Waals surface area contributed by atoms with Gasteiger partial charge in [-0.25, -0.2) is 13.7 Å². The summed E-state index contributed by atoms with van der Waals surface area (Å²) in [6, 6.07) is 18.7. The molecule has 2 heterocycles. The van der Waals surface area contributed by atoms with E-state index in [9.17, 15) is 18.4 Å². The van der Waals surface area contributed by atoms with Crippen LogP contribution in [0.1, 0.15) is 38.7 Å². The molecule has 4 rings (SSSR count). The number of benzene rings is 2. The number of aromatic nitrogens is 3. The highest BCUT2D eigenvalue weighted by atomic mass is 32.2. The molecule has 184 valence electrons. The number of carbonyl (C=O) groups is 1. The monoisotopic (exact) mass is 504 g/mol. The van der Waals surface area contributed by atoms with E-state index in [1.807, 2.05) is 19.1 Å². The number of pyridine rings is 1. The number of methoxy groups -OCH3 is 1. The average molecular weight is 505 g/mol. The summed E-state index contributed by atoms with van der Waals surface area (Å²) in [5.74, 6) is -0.474. The van der Waals surface area contributed by atoms with E-state index in [1.165, 1.54) is 24.1 Å². The van der Waals surface area contributed by atoms with Crippen LogP contribution in [0.15, 0.2) is 83.9 Å².